The standard InChI is InChI=1S/C23H38O2/c1-3-5-6-7-8-9-10-11-12-14-17-21(4-2)20-23(24)25-22-18-15-13-16-19-22/h13,15-16,18-19,21H,3-12,14,17,20H2,1-2H3. The first-order chi connectivity index (χ1) is 12.3. The monoisotopic (exact) mass is 346 g/mol. The molecular weight excluding hydrogens is 308 g/mol. The molecule has 0 spiro atoms. The Balaban J connectivity index is 2.03. The molecule has 0 aliphatic rings. The highest BCUT2D eigenvalue weighted by molar-refractivity contribution is 5.72. The third kappa shape index (κ3) is 11.8. The van der Waals surface area contributed by atoms with Gasteiger partial charge < -0.3 is 4.74 Å². The van der Waals surface area contributed by atoms with Crippen molar-refractivity contribution in [1.82, 2.24) is 0 Å². The highest BCUT2D eigenvalue weighted by atomic mass is 16.5. The zero-order valence-corrected chi connectivity index (χ0v) is 16.5. The largest absolute Gasteiger partial charge is 0.427 e. The quantitative estimate of drug-likeness (QED) is 0.189. The van der Waals surface area contributed by atoms with E-state index in [1.807, 2.05) is 30.3 Å². The smallest absolute Gasteiger partial charge is 0.311 e. The number of ether oxygens (including phenoxy) is 1. The van der Waals surface area contributed by atoms with Gasteiger partial charge in [0.15, 0.2) is 0 Å². The van der Waals surface area contributed by atoms with Crippen molar-refractivity contribution in [2.24, 2.45) is 5.92 Å². The molecule has 0 bridgehead atoms. The number of hydrogen-bond donors (Lipinski definition) is 0. The molecule has 0 aromatic heterocycles. The molecule has 0 saturated carbocycles. The zero-order chi connectivity index (χ0) is 18.2. The van der Waals surface area contributed by atoms with Gasteiger partial charge in [-0.05, 0) is 24.5 Å². The molecule has 1 aromatic rings. The Labute approximate surface area is 155 Å². The fourth-order valence-corrected chi connectivity index (χ4v) is 3.27. The summed E-state index contributed by atoms with van der Waals surface area (Å²) in [5, 5.41) is 0. The van der Waals surface area contributed by atoms with Gasteiger partial charge in [0.2, 0.25) is 0 Å². The number of unbranched alkanes of at least 4 members (excludes halogenated alkanes) is 9. The molecule has 2 heteroatoms. The maximum Gasteiger partial charge on any atom is 0.311 e. The van der Waals surface area contributed by atoms with E-state index in [0.717, 1.165) is 12.8 Å². The molecular formula is C23H38O2. The van der Waals surface area contributed by atoms with Crippen molar-refractivity contribution in [3.05, 3.63) is 30.3 Å². The van der Waals surface area contributed by atoms with Gasteiger partial charge in [-0.15, -0.1) is 0 Å². The SMILES string of the molecule is CCCCCCCCCCCCC(CC)CC(=O)Oc1ccccc1. The van der Waals surface area contributed by atoms with Gasteiger partial charge in [-0.25, -0.2) is 0 Å². The van der Waals surface area contributed by atoms with Crippen molar-refractivity contribution in [3.8, 4) is 5.75 Å². The lowest BCUT2D eigenvalue weighted by Gasteiger charge is -2.14. The van der Waals surface area contributed by atoms with Crippen molar-refractivity contribution in [2.45, 2.75) is 97.3 Å². The van der Waals surface area contributed by atoms with Crippen LogP contribution in [-0.2, 0) is 4.79 Å². The minimum Gasteiger partial charge on any atom is -0.427 e. The van der Waals surface area contributed by atoms with Crippen molar-refractivity contribution in [2.75, 3.05) is 0 Å². The minimum atomic E-state index is -0.0925. The number of para-hydroxylation sites is 1. The van der Waals surface area contributed by atoms with E-state index in [-0.39, 0.29) is 5.97 Å². The number of benzene rings is 1. The number of carbonyl (C=O) groups excluding carboxylic acids is 1. The fraction of sp³-hybridized carbons (Fsp3) is 0.696. The second kappa shape index (κ2) is 15.0. The van der Waals surface area contributed by atoms with Gasteiger partial charge in [-0.2, -0.15) is 0 Å². The van der Waals surface area contributed by atoms with Crippen LogP contribution in [0.25, 0.3) is 0 Å². The Morgan fingerprint density at radius 3 is 1.96 bits per heavy atom. The van der Waals surface area contributed by atoms with Gasteiger partial charge >= 0.3 is 5.97 Å². The van der Waals surface area contributed by atoms with Crippen LogP contribution in [0.2, 0.25) is 0 Å². The van der Waals surface area contributed by atoms with Gasteiger partial charge in [0, 0.05) is 6.42 Å². The predicted molar refractivity (Wildman–Crippen MR) is 107 cm³/mol. The second-order valence-corrected chi connectivity index (χ2v) is 7.24. The van der Waals surface area contributed by atoms with Crippen LogP contribution in [0.5, 0.6) is 5.75 Å². The van der Waals surface area contributed by atoms with Crippen LogP contribution in [0.1, 0.15) is 97.3 Å². The molecule has 0 radical (unpaired) electrons. The maximum atomic E-state index is 12.0. The summed E-state index contributed by atoms with van der Waals surface area (Å²) in [4.78, 5) is 12.0. The van der Waals surface area contributed by atoms with E-state index in [1.165, 1.54) is 64.2 Å². The third-order valence-corrected chi connectivity index (χ3v) is 4.97. The van der Waals surface area contributed by atoms with E-state index in [9.17, 15) is 4.79 Å². The van der Waals surface area contributed by atoms with Gasteiger partial charge in [0.1, 0.15) is 5.75 Å². The lowest BCUT2D eigenvalue weighted by atomic mass is 9.95. The summed E-state index contributed by atoms with van der Waals surface area (Å²) in [5.74, 6) is 1.02. The molecule has 25 heavy (non-hydrogen) atoms. The van der Waals surface area contributed by atoms with Gasteiger partial charge in [0.05, 0.1) is 0 Å². The van der Waals surface area contributed by atoms with E-state index >= 15 is 0 Å². The predicted octanol–water partition coefficient (Wildman–Crippen LogP) is 7.32. The highest BCUT2D eigenvalue weighted by Gasteiger charge is 2.13. The molecule has 2 nitrogen and oxygen atoms in total. The van der Waals surface area contributed by atoms with E-state index < -0.39 is 0 Å². The van der Waals surface area contributed by atoms with E-state index in [2.05, 4.69) is 13.8 Å². The zero-order valence-electron chi connectivity index (χ0n) is 16.5. The molecule has 0 amide bonds. The Morgan fingerprint density at radius 1 is 0.840 bits per heavy atom. The van der Waals surface area contributed by atoms with Crippen LogP contribution < -0.4 is 4.74 Å². The second-order valence-electron chi connectivity index (χ2n) is 7.24. The van der Waals surface area contributed by atoms with Crippen molar-refractivity contribution in [3.63, 3.8) is 0 Å². The first-order valence-electron chi connectivity index (χ1n) is 10.5. The average molecular weight is 347 g/mol. The first-order valence-corrected chi connectivity index (χ1v) is 10.5. The summed E-state index contributed by atoms with van der Waals surface area (Å²) in [6.07, 6.45) is 16.4. The number of carbonyl (C=O) groups is 1. The van der Waals surface area contributed by atoms with Gasteiger partial charge in [-0.1, -0.05) is 103 Å². The lowest BCUT2D eigenvalue weighted by Crippen LogP contribution is -2.14. The topological polar surface area (TPSA) is 26.3 Å². The number of rotatable bonds is 15. The molecule has 1 unspecified atom stereocenters. The molecule has 0 N–H and O–H groups in total. The van der Waals surface area contributed by atoms with Crippen molar-refractivity contribution >= 4 is 5.97 Å². The third-order valence-electron chi connectivity index (χ3n) is 4.97. The summed E-state index contributed by atoms with van der Waals surface area (Å²) < 4.78 is 5.41. The number of hydrogen-bond acceptors (Lipinski definition) is 2. The molecule has 0 fully saturated rings. The van der Waals surface area contributed by atoms with Crippen LogP contribution in [0.3, 0.4) is 0 Å². The molecule has 0 heterocycles. The van der Waals surface area contributed by atoms with E-state index in [0.29, 0.717) is 18.1 Å². The Hall–Kier alpha value is -1.31. The van der Waals surface area contributed by atoms with Gasteiger partial charge in [-0.3, -0.25) is 4.79 Å². The van der Waals surface area contributed by atoms with Crippen molar-refractivity contribution in [1.29, 1.82) is 0 Å². The van der Waals surface area contributed by atoms with Gasteiger partial charge in [0.25, 0.3) is 0 Å². The summed E-state index contributed by atoms with van der Waals surface area (Å²) in [5.41, 5.74) is 0. The normalized spacial score (nSPS) is 12.1. The van der Waals surface area contributed by atoms with E-state index in [4.69, 9.17) is 4.74 Å². The summed E-state index contributed by atoms with van der Waals surface area (Å²) in [6, 6.07) is 9.38. The summed E-state index contributed by atoms with van der Waals surface area (Å²) in [7, 11) is 0. The van der Waals surface area contributed by atoms with Crippen LogP contribution >= 0.6 is 0 Å². The fourth-order valence-electron chi connectivity index (χ4n) is 3.27. The van der Waals surface area contributed by atoms with Crippen LogP contribution in [0.15, 0.2) is 30.3 Å². The first kappa shape index (κ1) is 21.7. The minimum absolute atomic E-state index is 0.0925. The lowest BCUT2D eigenvalue weighted by molar-refractivity contribution is -0.135. The number of esters is 1. The average Bonchev–Trinajstić information content (AvgIpc) is 2.63. The maximum absolute atomic E-state index is 12.0. The molecule has 1 atom stereocenters. The van der Waals surface area contributed by atoms with Crippen molar-refractivity contribution < 1.29 is 9.53 Å². The molecule has 1 aromatic carbocycles. The van der Waals surface area contributed by atoms with Crippen LogP contribution in [0, 0.1) is 5.92 Å². The summed E-state index contributed by atoms with van der Waals surface area (Å²) >= 11 is 0. The molecule has 0 saturated heterocycles. The van der Waals surface area contributed by atoms with E-state index in [1.54, 1.807) is 0 Å². The van der Waals surface area contributed by atoms with Crippen LogP contribution in [0.4, 0.5) is 0 Å². The summed E-state index contributed by atoms with van der Waals surface area (Å²) in [6.45, 7) is 4.45. The Bertz CT molecular complexity index is 427. The Morgan fingerprint density at radius 2 is 1.40 bits per heavy atom. The molecule has 0 aliphatic heterocycles. The molecule has 0 aliphatic carbocycles. The molecule has 1 rings (SSSR count). The highest BCUT2D eigenvalue weighted by Crippen LogP contribution is 2.20. The van der Waals surface area contributed by atoms with Crippen LogP contribution in [-0.4, -0.2) is 5.97 Å². The Kier molecular flexibility index (Phi) is 13.0. The molecule has 142 valence electrons.